The standard InChI is InChI=1S/C22H24N2O6S/c25-21-14-29-20-11-10-17(13-18(20)23-21)31(27,28)24-19(12-15-6-2-1-3-7-15)22(26)30-16-8-4-5-9-16/h1-3,6-7,10-11,13,16,19,24H,4-5,8-9,12,14H2,(H,23,25)/t19-/m0/s1. The number of hydrogen-bond donors (Lipinski definition) is 2. The summed E-state index contributed by atoms with van der Waals surface area (Å²) >= 11 is 0. The van der Waals surface area contributed by atoms with Gasteiger partial charge < -0.3 is 14.8 Å². The monoisotopic (exact) mass is 444 g/mol. The number of esters is 1. The summed E-state index contributed by atoms with van der Waals surface area (Å²) in [5, 5.41) is 2.59. The van der Waals surface area contributed by atoms with Crippen LogP contribution in [0.5, 0.6) is 5.75 Å². The molecular formula is C22H24N2O6S. The van der Waals surface area contributed by atoms with Crippen LogP contribution in [-0.4, -0.2) is 39.0 Å². The van der Waals surface area contributed by atoms with Crippen molar-refractivity contribution in [3.63, 3.8) is 0 Å². The van der Waals surface area contributed by atoms with Crippen LogP contribution in [0.25, 0.3) is 0 Å². The molecule has 164 valence electrons. The molecule has 0 bridgehead atoms. The number of rotatable bonds is 7. The number of sulfonamides is 1. The van der Waals surface area contributed by atoms with Gasteiger partial charge in [-0.2, -0.15) is 4.72 Å². The topological polar surface area (TPSA) is 111 Å². The maximum atomic E-state index is 13.1. The number of nitrogens with one attached hydrogen (secondary N) is 2. The molecule has 0 radical (unpaired) electrons. The number of carbonyl (C=O) groups is 2. The van der Waals surface area contributed by atoms with Crippen LogP contribution in [0.2, 0.25) is 0 Å². The summed E-state index contributed by atoms with van der Waals surface area (Å²) in [7, 11) is -4.07. The molecule has 0 unspecified atom stereocenters. The Labute approximate surface area is 181 Å². The van der Waals surface area contributed by atoms with Crippen molar-refractivity contribution in [1.82, 2.24) is 4.72 Å². The van der Waals surface area contributed by atoms with Crippen molar-refractivity contribution in [3.05, 3.63) is 54.1 Å². The van der Waals surface area contributed by atoms with Gasteiger partial charge in [-0.1, -0.05) is 30.3 Å². The van der Waals surface area contributed by atoms with E-state index < -0.39 is 22.0 Å². The molecule has 2 N–H and O–H groups in total. The first kappa shape index (κ1) is 21.3. The minimum atomic E-state index is -4.07. The molecule has 1 fully saturated rings. The van der Waals surface area contributed by atoms with Gasteiger partial charge in [0.05, 0.1) is 10.6 Å². The lowest BCUT2D eigenvalue weighted by Crippen LogP contribution is -2.44. The van der Waals surface area contributed by atoms with Gasteiger partial charge in [0.2, 0.25) is 10.0 Å². The molecule has 8 nitrogen and oxygen atoms in total. The third kappa shape index (κ3) is 5.23. The lowest BCUT2D eigenvalue weighted by Gasteiger charge is -2.22. The zero-order valence-electron chi connectivity index (χ0n) is 16.9. The molecule has 0 saturated heterocycles. The molecule has 1 heterocycles. The molecule has 1 aliphatic carbocycles. The van der Waals surface area contributed by atoms with Crippen molar-refractivity contribution in [2.45, 2.75) is 49.1 Å². The molecule has 4 rings (SSSR count). The van der Waals surface area contributed by atoms with E-state index in [0.717, 1.165) is 31.2 Å². The molecule has 2 aliphatic rings. The van der Waals surface area contributed by atoms with Gasteiger partial charge in [-0.15, -0.1) is 0 Å². The Morgan fingerprint density at radius 2 is 1.90 bits per heavy atom. The fraction of sp³-hybridized carbons (Fsp3) is 0.364. The fourth-order valence-electron chi connectivity index (χ4n) is 3.76. The van der Waals surface area contributed by atoms with Crippen LogP contribution >= 0.6 is 0 Å². The van der Waals surface area contributed by atoms with E-state index in [1.807, 2.05) is 30.3 Å². The Hall–Kier alpha value is -2.91. The van der Waals surface area contributed by atoms with Gasteiger partial charge in [0.15, 0.2) is 6.61 Å². The molecule has 0 aromatic heterocycles. The van der Waals surface area contributed by atoms with Crippen molar-refractivity contribution in [2.24, 2.45) is 0 Å². The predicted molar refractivity (Wildman–Crippen MR) is 113 cm³/mol. The Balaban J connectivity index is 1.56. The van der Waals surface area contributed by atoms with Crippen LogP contribution in [0, 0.1) is 0 Å². The van der Waals surface area contributed by atoms with Crippen molar-refractivity contribution in [2.75, 3.05) is 11.9 Å². The van der Waals surface area contributed by atoms with Crippen LogP contribution in [0.1, 0.15) is 31.2 Å². The van der Waals surface area contributed by atoms with Crippen LogP contribution in [0.4, 0.5) is 5.69 Å². The van der Waals surface area contributed by atoms with Crippen LogP contribution in [-0.2, 0) is 30.8 Å². The lowest BCUT2D eigenvalue weighted by molar-refractivity contribution is -0.150. The molecule has 1 aliphatic heterocycles. The first-order chi connectivity index (χ1) is 14.9. The molecule has 9 heteroatoms. The number of hydrogen-bond acceptors (Lipinski definition) is 6. The Kier molecular flexibility index (Phi) is 6.24. The fourth-order valence-corrected chi connectivity index (χ4v) is 4.97. The summed E-state index contributed by atoms with van der Waals surface area (Å²) < 4.78 is 39.5. The van der Waals surface area contributed by atoms with Crippen molar-refractivity contribution < 1.29 is 27.5 Å². The Morgan fingerprint density at radius 3 is 2.65 bits per heavy atom. The zero-order valence-corrected chi connectivity index (χ0v) is 17.7. The van der Waals surface area contributed by atoms with E-state index in [-0.39, 0.29) is 35.6 Å². The van der Waals surface area contributed by atoms with Gasteiger partial charge in [0.1, 0.15) is 17.9 Å². The molecule has 1 atom stereocenters. The summed E-state index contributed by atoms with van der Waals surface area (Å²) in [6.45, 7) is -0.122. The molecule has 2 aromatic rings. The quantitative estimate of drug-likeness (QED) is 0.635. The number of anilines is 1. The van der Waals surface area contributed by atoms with Gasteiger partial charge in [0, 0.05) is 0 Å². The third-order valence-corrected chi connectivity index (χ3v) is 6.81. The second-order valence-electron chi connectivity index (χ2n) is 7.70. The number of carbonyl (C=O) groups excluding carboxylic acids is 2. The minimum absolute atomic E-state index is 0.0798. The highest BCUT2D eigenvalue weighted by Gasteiger charge is 2.31. The van der Waals surface area contributed by atoms with Crippen LogP contribution in [0.3, 0.4) is 0 Å². The van der Waals surface area contributed by atoms with E-state index in [1.165, 1.54) is 18.2 Å². The van der Waals surface area contributed by atoms with E-state index >= 15 is 0 Å². The van der Waals surface area contributed by atoms with Gasteiger partial charge in [-0.05, 0) is 55.9 Å². The van der Waals surface area contributed by atoms with E-state index in [4.69, 9.17) is 9.47 Å². The summed E-state index contributed by atoms with van der Waals surface area (Å²) in [5.74, 6) is -0.564. The highest BCUT2D eigenvalue weighted by atomic mass is 32.2. The lowest BCUT2D eigenvalue weighted by atomic mass is 10.1. The first-order valence-corrected chi connectivity index (χ1v) is 11.7. The second-order valence-corrected chi connectivity index (χ2v) is 9.42. The summed E-state index contributed by atoms with van der Waals surface area (Å²) in [5.41, 5.74) is 1.08. The predicted octanol–water partition coefficient (Wildman–Crippen LogP) is 2.39. The summed E-state index contributed by atoms with van der Waals surface area (Å²) in [4.78, 5) is 24.3. The molecular weight excluding hydrogens is 420 g/mol. The highest BCUT2D eigenvalue weighted by Crippen LogP contribution is 2.30. The van der Waals surface area contributed by atoms with E-state index in [9.17, 15) is 18.0 Å². The maximum Gasteiger partial charge on any atom is 0.324 e. The smallest absolute Gasteiger partial charge is 0.324 e. The van der Waals surface area contributed by atoms with E-state index in [1.54, 1.807) is 0 Å². The largest absolute Gasteiger partial charge is 0.482 e. The van der Waals surface area contributed by atoms with Gasteiger partial charge >= 0.3 is 5.97 Å². The van der Waals surface area contributed by atoms with Gasteiger partial charge in [-0.25, -0.2) is 8.42 Å². The van der Waals surface area contributed by atoms with Crippen molar-refractivity contribution >= 4 is 27.6 Å². The zero-order chi connectivity index (χ0) is 21.8. The molecule has 0 spiro atoms. The second kappa shape index (κ2) is 9.07. The number of fused-ring (bicyclic) bond motifs is 1. The highest BCUT2D eigenvalue weighted by molar-refractivity contribution is 7.89. The SMILES string of the molecule is O=C1COc2ccc(S(=O)(=O)N[C@@H](Cc3ccccc3)C(=O)OC3CCCC3)cc2N1. The molecule has 1 amide bonds. The minimum Gasteiger partial charge on any atom is -0.482 e. The summed E-state index contributed by atoms with van der Waals surface area (Å²) in [6, 6.07) is 12.3. The van der Waals surface area contributed by atoms with E-state index in [2.05, 4.69) is 10.0 Å². The molecule has 31 heavy (non-hydrogen) atoms. The molecule has 1 saturated carbocycles. The molecule has 2 aromatic carbocycles. The average molecular weight is 445 g/mol. The summed E-state index contributed by atoms with van der Waals surface area (Å²) in [6.07, 6.45) is 3.57. The Morgan fingerprint density at radius 1 is 1.16 bits per heavy atom. The van der Waals surface area contributed by atoms with Crippen LogP contribution in [0.15, 0.2) is 53.4 Å². The van der Waals surface area contributed by atoms with E-state index in [0.29, 0.717) is 5.75 Å². The average Bonchev–Trinajstić information content (AvgIpc) is 3.26. The Bertz CT molecular complexity index is 1060. The number of amides is 1. The van der Waals surface area contributed by atoms with Crippen molar-refractivity contribution in [3.8, 4) is 5.75 Å². The van der Waals surface area contributed by atoms with Crippen molar-refractivity contribution in [1.29, 1.82) is 0 Å². The van der Waals surface area contributed by atoms with Gasteiger partial charge in [0.25, 0.3) is 5.91 Å². The first-order valence-electron chi connectivity index (χ1n) is 10.2. The van der Waals surface area contributed by atoms with Gasteiger partial charge in [-0.3, -0.25) is 9.59 Å². The third-order valence-electron chi connectivity index (χ3n) is 5.34. The number of benzene rings is 2. The normalized spacial score (nSPS) is 17.4. The maximum absolute atomic E-state index is 13.1. The van der Waals surface area contributed by atoms with Crippen LogP contribution < -0.4 is 14.8 Å². The number of ether oxygens (including phenoxy) is 2.